The molecule has 3 aromatic rings. The number of rotatable bonds is 3. The van der Waals surface area contributed by atoms with Gasteiger partial charge in [-0.25, -0.2) is 9.97 Å². The van der Waals surface area contributed by atoms with Gasteiger partial charge in [-0.1, -0.05) is 6.07 Å². The van der Waals surface area contributed by atoms with E-state index in [-0.39, 0.29) is 5.91 Å². The van der Waals surface area contributed by atoms with Crippen molar-refractivity contribution in [1.29, 1.82) is 0 Å². The van der Waals surface area contributed by atoms with E-state index in [1.807, 2.05) is 39.9 Å². The van der Waals surface area contributed by atoms with Crippen LogP contribution in [0.5, 0.6) is 0 Å². The van der Waals surface area contributed by atoms with Crippen LogP contribution in [0.2, 0.25) is 0 Å². The normalized spacial score (nSPS) is 17.8. The van der Waals surface area contributed by atoms with Crippen molar-refractivity contribution in [3.8, 4) is 0 Å². The van der Waals surface area contributed by atoms with Crippen molar-refractivity contribution in [3.05, 3.63) is 53.5 Å². The molecule has 7 heteroatoms. The van der Waals surface area contributed by atoms with Crippen molar-refractivity contribution in [2.75, 3.05) is 19.6 Å². The zero-order valence-electron chi connectivity index (χ0n) is 16.3. The molecule has 5 rings (SSSR count). The van der Waals surface area contributed by atoms with Crippen molar-refractivity contribution in [2.24, 2.45) is 0 Å². The maximum Gasteiger partial charge on any atom is 0.228 e. The van der Waals surface area contributed by atoms with E-state index in [1.165, 1.54) is 11.4 Å². The molecule has 7 nitrogen and oxygen atoms in total. The number of carbonyl (C=O) groups is 1. The first-order valence-corrected chi connectivity index (χ1v) is 10.2. The topological polar surface area (TPSA) is 67.5 Å². The van der Waals surface area contributed by atoms with Gasteiger partial charge < -0.3 is 19.2 Å². The smallest absolute Gasteiger partial charge is 0.228 e. The Bertz CT molecular complexity index is 978. The van der Waals surface area contributed by atoms with Gasteiger partial charge in [-0.2, -0.15) is 0 Å². The molecule has 3 aromatic heterocycles. The molecule has 5 heterocycles. The van der Waals surface area contributed by atoms with Crippen LogP contribution in [0.4, 0.5) is 0 Å². The minimum absolute atomic E-state index is 0.173. The quantitative estimate of drug-likeness (QED) is 0.756. The summed E-state index contributed by atoms with van der Waals surface area (Å²) in [6, 6.07) is 5.89. The van der Waals surface area contributed by atoms with Crippen LogP contribution < -0.4 is 5.32 Å². The van der Waals surface area contributed by atoms with E-state index in [1.54, 1.807) is 0 Å². The highest BCUT2D eigenvalue weighted by Gasteiger charge is 2.29. The van der Waals surface area contributed by atoms with Gasteiger partial charge in [0.15, 0.2) is 0 Å². The molecule has 0 aromatic carbocycles. The number of piperidine rings is 1. The van der Waals surface area contributed by atoms with Gasteiger partial charge in [0.2, 0.25) is 5.91 Å². The predicted molar refractivity (Wildman–Crippen MR) is 106 cm³/mol. The molecule has 1 fully saturated rings. The number of pyridine rings is 1. The van der Waals surface area contributed by atoms with Gasteiger partial charge in [0, 0.05) is 51.0 Å². The number of hydrogen-bond acceptors (Lipinski definition) is 4. The second kappa shape index (κ2) is 7.05. The van der Waals surface area contributed by atoms with E-state index in [0.717, 1.165) is 62.7 Å². The Morgan fingerprint density at radius 3 is 2.89 bits per heavy atom. The number of aromatic nitrogens is 4. The minimum atomic E-state index is 0.173. The monoisotopic (exact) mass is 378 g/mol. The summed E-state index contributed by atoms with van der Waals surface area (Å²) < 4.78 is 4.32. The summed E-state index contributed by atoms with van der Waals surface area (Å²) in [5, 5.41) is 3.46. The zero-order chi connectivity index (χ0) is 19.1. The number of likely N-dealkylation sites (tertiary alicyclic amines) is 1. The van der Waals surface area contributed by atoms with Gasteiger partial charge in [-0.15, -0.1) is 0 Å². The summed E-state index contributed by atoms with van der Waals surface area (Å²) in [6.45, 7) is 6.63. The highest BCUT2D eigenvalue weighted by molar-refractivity contribution is 5.78. The Labute approximate surface area is 164 Å². The van der Waals surface area contributed by atoms with Gasteiger partial charge in [0.1, 0.15) is 11.5 Å². The maximum atomic E-state index is 12.8. The van der Waals surface area contributed by atoms with Gasteiger partial charge >= 0.3 is 0 Å². The third-order valence-corrected chi connectivity index (χ3v) is 6.08. The highest BCUT2D eigenvalue weighted by Crippen LogP contribution is 2.31. The first-order valence-electron chi connectivity index (χ1n) is 10.2. The Balaban J connectivity index is 1.24. The fourth-order valence-corrected chi connectivity index (χ4v) is 4.58. The lowest BCUT2D eigenvalue weighted by Crippen LogP contribution is -2.39. The third-order valence-electron chi connectivity index (χ3n) is 6.08. The summed E-state index contributed by atoms with van der Waals surface area (Å²) in [6.07, 6.45) is 6.26. The lowest BCUT2D eigenvalue weighted by Gasteiger charge is -2.32. The zero-order valence-corrected chi connectivity index (χ0v) is 16.3. The van der Waals surface area contributed by atoms with Gasteiger partial charge in [-0.3, -0.25) is 4.79 Å². The van der Waals surface area contributed by atoms with Crippen molar-refractivity contribution < 1.29 is 4.79 Å². The Hall–Kier alpha value is -2.67. The van der Waals surface area contributed by atoms with E-state index in [4.69, 9.17) is 4.98 Å². The Morgan fingerprint density at radius 2 is 2.07 bits per heavy atom. The molecule has 2 aliphatic rings. The molecule has 0 saturated carbocycles. The molecule has 0 unspecified atom stereocenters. The largest absolute Gasteiger partial charge is 0.342 e. The molecule has 28 heavy (non-hydrogen) atoms. The van der Waals surface area contributed by atoms with Crippen molar-refractivity contribution in [3.63, 3.8) is 0 Å². The van der Waals surface area contributed by atoms with E-state index < -0.39 is 0 Å². The number of aryl methyl sites for hydroxylation is 1. The molecule has 1 saturated heterocycles. The molecular weight excluding hydrogens is 352 g/mol. The van der Waals surface area contributed by atoms with Crippen LogP contribution in [0.25, 0.3) is 5.65 Å². The first-order chi connectivity index (χ1) is 13.7. The summed E-state index contributed by atoms with van der Waals surface area (Å²) >= 11 is 0. The van der Waals surface area contributed by atoms with Crippen LogP contribution in [0.15, 0.2) is 30.6 Å². The van der Waals surface area contributed by atoms with E-state index in [9.17, 15) is 4.79 Å². The maximum absolute atomic E-state index is 12.8. The van der Waals surface area contributed by atoms with Gasteiger partial charge in [0.05, 0.1) is 23.5 Å². The van der Waals surface area contributed by atoms with Crippen LogP contribution in [-0.4, -0.2) is 49.4 Å². The molecule has 0 radical (unpaired) electrons. The minimum Gasteiger partial charge on any atom is -0.342 e. The fourth-order valence-electron chi connectivity index (χ4n) is 4.58. The highest BCUT2D eigenvalue weighted by atomic mass is 16.2. The van der Waals surface area contributed by atoms with Gasteiger partial charge in [-0.05, 0) is 31.9 Å². The van der Waals surface area contributed by atoms with E-state index in [2.05, 4.69) is 21.8 Å². The van der Waals surface area contributed by atoms with Crippen molar-refractivity contribution in [2.45, 2.75) is 45.2 Å². The van der Waals surface area contributed by atoms with Crippen LogP contribution in [0.1, 0.15) is 41.7 Å². The standard InChI is InChI=1S/C21H26N6O/c1-15-23-21(18-13-22-7-11-27(15)18)16-5-9-25(10-6-16)20(28)12-17-14-26-8-3-2-4-19(26)24-17/h2-4,8,14,16,22H,5-7,9-13H2,1H3. The summed E-state index contributed by atoms with van der Waals surface area (Å²) in [7, 11) is 0. The lowest BCUT2D eigenvalue weighted by molar-refractivity contribution is -0.131. The first kappa shape index (κ1) is 17.4. The van der Waals surface area contributed by atoms with E-state index >= 15 is 0 Å². The predicted octanol–water partition coefficient (Wildman–Crippen LogP) is 1.89. The molecular formula is C21H26N6O. The van der Waals surface area contributed by atoms with Crippen LogP contribution >= 0.6 is 0 Å². The molecule has 1 N–H and O–H groups in total. The van der Waals surface area contributed by atoms with Crippen molar-refractivity contribution >= 4 is 11.6 Å². The number of imidazole rings is 2. The molecule has 0 bridgehead atoms. The number of carbonyl (C=O) groups excluding carboxylic acids is 1. The summed E-state index contributed by atoms with van der Waals surface area (Å²) in [5.41, 5.74) is 4.32. The Morgan fingerprint density at radius 1 is 1.21 bits per heavy atom. The van der Waals surface area contributed by atoms with Crippen LogP contribution in [0.3, 0.4) is 0 Å². The summed E-state index contributed by atoms with van der Waals surface area (Å²) in [5.74, 6) is 1.75. The van der Waals surface area contributed by atoms with Crippen molar-refractivity contribution in [1.82, 2.24) is 29.2 Å². The van der Waals surface area contributed by atoms with Crippen LogP contribution in [0, 0.1) is 6.92 Å². The average molecular weight is 378 g/mol. The second-order valence-electron chi connectivity index (χ2n) is 7.85. The molecule has 0 aliphatic carbocycles. The number of fused-ring (bicyclic) bond motifs is 2. The number of nitrogens with one attached hydrogen (secondary N) is 1. The molecule has 0 spiro atoms. The average Bonchev–Trinajstić information content (AvgIpc) is 3.29. The third kappa shape index (κ3) is 3.09. The molecule has 1 amide bonds. The lowest BCUT2D eigenvalue weighted by atomic mass is 9.92. The molecule has 146 valence electrons. The SMILES string of the molecule is Cc1nc(C2CCN(C(=O)Cc3cn4ccccc4n3)CC2)c2n1CCNC2. The Kier molecular flexibility index (Phi) is 4.39. The number of amides is 1. The fraction of sp³-hybridized carbons (Fsp3) is 0.476. The van der Waals surface area contributed by atoms with Gasteiger partial charge in [0.25, 0.3) is 0 Å². The summed E-state index contributed by atoms with van der Waals surface area (Å²) in [4.78, 5) is 24.2. The molecule has 0 atom stereocenters. The second-order valence-corrected chi connectivity index (χ2v) is 7.85. The number of hydrogen-bond donors (Lipinski definition) is 1. The van der Waals surface area contributed by atoms with Crippen LogP contribution in [-0.2, 0) is 24.3 Å². The van der Waals surface area contributed by atoms with E-state index in [0.29, 0.717) is 12.3 Å². The molecule has 2 aliphatic heterocycles. The number of nitrogens with zero attached hydrogens (tertiary/aromatic N) is 5.